The van der Waals surface area contributed by atoms with Gasteiger partial charge in [-0.2, -0.15) is 0 Å². The molecule has 0 aliphatic heterocycles. The molecule has 0 amide bonds. The summed E-state index contributed by atoms with van der Waals surface area (Å²) in [7, 11) is 0. The summed E-state index contributed by atoms with van der Waals surface area (Å²) >= 11 is 8.93. The van der Waals surface area contributed by atoms with Crippen LogP contribution in [0.25, 0.3) is 0 Å². The number of rotatable bonds is 4. The summed E-state index contributed by atoms with van der Waals surface area (Å²) in [6, 6.07) is 10.8. The average Bonchev–Trinajstić information content (AvgIpc) is 2.42. The van der Waals surface area contributed by atoms with Crippen molar-refractivity contribution in [3.05, 3.63) is 44.6 Å². The van der Waals surface area contributed by atoms with Crippen molar-refractivity contribution in [3.63, 3.8) is 0 Å². The van der Waals surface area contributed by atoms with E-state index in [1.165, 1.54) is 0 Å². The molecule has 2 nitrogen and oxygen atoms in total. The summed E-state index contributed by atoms with van der Waals surface area (Å²) in [6.45, 7) is 0.260. The number of ether oxygens (including phenoxy) is 2. The van der Waals surface area contributed by atoms with Gasteiger partial charge in [-0.3, -0.25) is 0 Å². The normalized spacial score (nSPS) is 10.0. The van der Waals surface area contributed by atoms with E-state index in [4.69, 9.17) is 15.9 Å². The Bertz CT molecular complexity index is 664. The molecule has 2 rings (SSSR count). The second-order valence-corrected chi connectivity index (χ2v) is 8.44. The van der Waals surface area contributed by atoms with Gasteiger partial charge in [0.15, 0.2) is 5.75 Å². The Morgan fingerprint density at radius 2 is 1.52 bits per heavy atom. The van der Waals surface area contributed by atoms with Crippen molar-refractivity contribution in [2.24, 2.45) is 0 Å². The van der Waals surface area contributed by atoms with Gasteiger partial charge in [0.05, 0.1) is 14.3 Å². The van der Waals surface area contributed by atoms with Crippen molar-refractivity contribution in [1.82, 2.24) is 0 Å². The molecule has 0 aliphatic rings. The van der Waals surface area contributed by atoms with Crippen LogP contribution in [0.2, 0.25) is 0 Å². The van der Waals surface area contributed by atoms with Gasteiger partial charge in [0.25, 0.3) is 0 Å². The fraction of sp³-hybridized carbons (Fsp3) is 0.0667. The van der Waals surface area contributed by atoms with Gasteiger partial charge < -0.3 is 9.47 Å². The molecular weight excluding hydrogens is 720 g/mol. The van der Waals surface area contributed by atoms with Crippen LogP contribution in [-0.2, 0) is 0 Å². The number of hydrogen-bond acceptors (Lipinski definition) is 2. The van der Waals surface area contributed by atoms with Crippen molar-refractivity contribution in [1.29, 1.82) is 0 Å². The molecule has 0 aliphatic carbocycles. The molecule has 1 radical (unpaired) electrons. The first-order valence-electron chi connectivity index (χ1n) is 5.61. The first kappa shape index (κ1) is 17.9. The van der Waals surface area contributed by atoms with Crippen LogP contribution in [0.15, 0.2) is 24.3 Å². The molecule has 0 saturated heterocycles. The summed E-state index contributed by atoms with van der Waals surface area (Å²) in [5.41, 5.74) is 0. The molecule has 2 aromatic carbocycles. The van der Waals surface area contributed by atoms with Crippen LogP contribution in [0.4, 0.5) is 0 Å². The maximum Gasteiger partial charge on any atom is 0.154 e. The van der Waals surface area contributed by atoms with Crippen LogP contribution in [0.1, 0.15) is 0 Å². The van der Waals surface area contributed by atoms with Crippen LogP contribution >= 0.6 is 90.4 Å². The second-order valence-electron chi connectivity index (χ2n) is 3.79. The lowest BCUT2D eigenvalue weighted by Crippen LogP contribution is -1.99. The quantitative estimate of drug-likeness (QED) is 0.297. The van der Waals surface area contributed by atoms with Gasteiger partial charge in [-0.1, -0.05) is 5.92 Å². The van der Waals surface area contributed by atoms with E-state index >= 15 is 0 Å². The molecular formula is C15H7I4O2. The predicted octanol–water partition coefficient (Wildman–Crippen LogP) is 5.71. The van der Waals surface area contributed by atoms with Crippen LogP contribution in [0, 0.1) is 32.7 Å². The highest BCUT2D eigenvalue weighted by molar-refractivity contribution is 14.1. The zero-order valence-electron chi connectivity index (χ0n) is 10.4. The van der Waals surface area contributed by atoms with Gasteiger partial charge in [-0.05, 0) is 121 Å². The Kier molecular flexibility index (Phi) is 7.14. The number of halogens is 4. The third-order valence-corrected chi connectivity index (χ3v) is 5.55. The molecule has 0 N–H and O–H groups in total. The molecule has 0 spiro atoms. The van der Waals surface area contributed by atoms with Crippen molar-refractivity contribution >= 4 is 90.4 Å². The minimum absolute atomic E-state index is 0.260. The van der Waals surface area contributed by atoms with Crippen molar-refractivity contribution in [2.45, 2.75) is 0 Å². The first-order chi connectivity index (χ1) is 10.0. The third kappa shape index (κ3) is 4.74. The Hall–Kier alpha value is 0.520. The highest BCUT2D eigenvalue weighted by Gasteiger charge is 2.12. The molecule has 0 bridgehead atoms. The van der Waals surface area contributed by atoms with Gasteiger partial charge in [-0.25, -0.2) is 0 Å². The lowest BCUT2D eigenvalue weighted by molar-refractivity contribution is 0.364. The van der Waals surface area contributed by atoms with Crippen LogP contribution in [0.3, 0.4) is 0 Å². The van der Waals surface area contributed by atoms with Gasteiger partial charge in [-0.15, -0.1) is 6.42 Å². The van der Waals surface area contributed by atoms with E-state index in [1.807, 2.05) is 24.3 Å². The van der Waals surface area contributed by atoms with Gasteiger partial charge in [0.2, 0.25) is 0 Å². The van der Waals surface area contributed by atoms with E-state index in [0.29, 0.717) is 0 Å². The highest BCUT2D eigenvalue weighted by Crippen LogP contribution is 2.36. The van der Waals surface area contributed by atoms with E-state index in [9.17, 15) is 0 Å². The highest BCUT2D eigenvalue weighted by atomic mass is 127. The van der Waals surface area contributed by atoms with Crippen LogP contribution < -0.4 is 9.47 Å². The minimum atomic E-state index is 0.260. The molecule has 0 aromatic heterocycles. The number of hydrogen-bond donors (Lipinski definition) is 0. The third-order valence-electron chi connectivity index (χ3n) is 2.35. The first-order valence-corrected chi connectivity index (χ1v) is 9.92. The van der Waals surface area contributed by atoms with E-state index in [-0.39, 0.29) is 6.61 Å². The maximum atomic E-state index is 6.02. The number of benzene rings is 2. The minimum Gasteiger partial charge on any atom is -0.479 e. The monoisotopic (exact) mass is 727 g/mol. The van der Waals surface area contributed by atoms with Gasteiger partial charge in [0, 0.05) is 0 Å². The fourth-order valence-corrected chi connectivity index (χ4v) is 5.20. The zero-order valence-corrected chi connectivity index (χ0v) is 19.1. The molecule has 21 heavy (non-hydrogen) atoms. The molecule has 107 valence electrons. The average molecular weight is 727 g/mol. The lowest BCUT2D eigenvalue weighted by Gasteiger charge is -2.13. The van der Waals surface area contributed by atoms with Gasteiger partial charge in [0.1, 0.15) is 18.1 Å². The lowest BCUT2D eigenvalue weighted by atomic mass is 10.3. The summed E-state index contributed by atoms with van der Waals surface area (Å²) in [5.74, 6) is 4.90. The Morgan fingerprint density at radius 1 is 0.952 bits per heavy atom. The Labute approximate surface area is 178 Å². The molecule has 2 aromatic rings. The van der Waals surface area contributed by atoms with Crippen LogP contribution in [-0.4, -0.2) is 6.61 Å². The number of terminal acetylenes is 1. The van der Waals surface area contributed by atoms with Crippen molar-refractivity contribution < 1.29 is 9.47 Å². The SMILES string of the molecule is C#CCOc1c(I)cc(Oc2c(I)c[c]cc2I)cc1I. The van der Waals surface area contributed by atoms with E-state index < -0.39 is 0 Å². The summed E-state index contributed by atoms with van der Waals surface area (Å²) < 4.78 is 15.6. The smallest absolute Gasteiger partial charge is 0.154 e. The molecule has 0 fully saturated rings. The zero-order chi connectivity index (χ0) is 15.4. The molecule has 0 saturated carbocycles. The van der Waals surface area contributed by atoms with Gasteiger partial charge >= 0.3 is 0 Å². The molecule has 0 heterocycles. The molecule has 0 atom stereocenters. The largest absolute Gasteiger partial charge is 0.479 e. The molecule has 0 unspecified atom stereocenters. The summed E-state index contributed by atoms with van der Waals surface area (Å²) in [6.07, 6.45) is 5.23. The Morgan fingerprint density at radius 3 is 2.05 bits per heavy atom. The summed E-state index contributed by atoms with van der Waals surface area (Å²) in [5, 5.41) is 0. The molecule has 6 heteroatoms. The second kappa shape index (κ2) is 8.39. The van der Waals surface area contributed by atoms with E-state index in [2.05, 4.69) is 102 Å². The fourth-order valence-electron chi connectivity index (χ4n) is 1.50. The van der Waals surface area contributed by atoms with Crippen molar-refractivity contribution in [3.8, 4) is 29.6 Å². The summed E-state index contributed by atoms with van der Waals surface area (Å²) in [4.78, 5) is 0. The van der Waals surface area contributed by atoms with Crippen molar-refractivity contribution in [2.75, 3.05) is 6.61 Å². The predicted molar refractivity (Wildman–Crippen MR) is 117 cm³/mol. The maximum absolute atomic E-state index is 6.02. The van der Waals surface area contributed by atoms with E-state index in [1.54, 1.807) is 0 Å². The Balaban J connectivity index is 2.32. The van der Waals surface area contributed by atoms with Crippen LogP contribution in [0.5, 0.6) is 17.2 Å². The van der Waals surface area contributed by atoms with E-state index in [0.717, 1.165) is 31.5 Å². The standard InChI is InChI=1S/C15H7I4O2/c1-2-6-20-14-12(18)7-9(8-13(14)19)21-15-10(16)4-3-5-11(15)17/h1,4-5,7-8H,6H2. The topological polar surface area (TPSA) is 18.5 Å².